The summed E-state index contributed by atoms with van der Waals surface area (Å²) in [6.07, 6.45) is 2.79. The second kappa shape index (κ2) is 2.81. The summed E-state index contributed by atoms with van der Waals surface area (Å²) in [7, 11) is 0. The third-order valence-corrected chi connectivity index (χ3v) is 3.25. The number of benzene rings is 1. The highest BCUT2D eigenvalue weighted by molar-refractivity contribution is 5.42. The molecule has 0 radical (unpaired) electrons. The molecule has 2 nitrogen and oxygen atoms in total. The second-order valence-corrected chi connectivity index (χ2v) is 4.28. The Labute approximate surface area is 83.5 Å². The van der Waals surface area contributed by atoms with Gasteiger partial charge in [0.25, 0.3) is 0 Å². The van der Waals surface area contributed by atoms with Crippen LogP contribution in [0.2, 0.25) is 0 Å². The van der Waals surface area contributed by atoms with Gasteiger partial charge in [-0.2, -0.15) is 0 Å². The van der Waals surface area contributed by atoms with E-state index in [0.717, 1.165) is 31.4 Å². The Morgan fingerprint density at radius 3 is 2.93 bits per heavy atom. The van der Waals surface area contributed by atoms with Crippen LogP contribution < -0.4 is 0 Å². The highest BCUT2D eigenvalue weighted by Crippen LogP contribution is 2.47. The van der Waals surface area contributed by atoms with Crippen LogP contribution in [-0.4, -0.2) is 11.7 Å². The first kappa shape index (κ1) is 8.45. The van der Waals surface area contributed by atoms with Crippen LogP contribution in [0.25, 0.3) is 0 Å². The number of fused-ring (bicyclic) bond motifs is 1. The van der Waals surface area contributed by atoms with Gasteiger partial charge in [-0.15, -0.1) is 0 Å². The van der Waals surface area contributed by atoms with Crippen molar-refractivity contribution in [2.45, 2.75) is 31.5 Å². The van der Waals surface area contributed by atoms with Crippen LogP contribution in [0.5, 0.6) is 0 Å². The average molecular weight is 190 g/mol. The Bertz CT molecular complexity index is 367. The van der Waals surface area contributed by atoms with Crippen LogP contribution in [0.4, 0.5) is 0 Å². The Hall–Kier alpha value is -0.860. The van der Waals surface area contributed by atoms with Gasteiger partial charge in [0.15, 0.2) is 0 Å². The molecule has 3 rings (SSSR count). The van der Waals surface area contributed by atoms with Crippen molar-refractivity contribution in [3.8, 4) is 0 Å². The maximum Gasteiger partial charge on any atom is 0.0901 e. The summed E-state index contributed by atoms with van der Waals surface area (Å²) in [4.78, 5) is 0. The Morgan fingerprint density at radius 1 is 1.29 bits per heavy atom. The third kappa shape index (κ3) is 1.18. The molecule has 1 heterocycles. The molecule has 0 amide bonds. The van der Waals surface area contributed by atoms with E-state index in [0.29, 0.717) is 6.61 Å². The van der Waals surface area contributed by atoms with Crippen molar-refractivity contribution in [3.05, 3.63) is 34.9 Å². The Kier molecular flexibility index (Phi) is 1.70. The van der Waals surface area contributed by atoms with Crippen LogP contribution in [0.3, 0.4) is 0 Å². The number of rotatable bonds is 1. The van der Waals surface area contributed by atoms with E-state index in [2.05, 4.69) is 12.1 Å². The molecular formula is C12H14O2. The summed E-state index contributed by atoms with van der Waals surface area (Å²) in [5, 5.41) is 10.1. The van der Waals surface area contributed by atoms with Crippen molar-refractivity contribution < 1.29 is 9.84 Å². The van der Waals surface area contributed by atoms with E-state index >= 15 is 0 Å². The van der Waals surface area contributed by atoms with E-state index in [1.807, 2.05) is 6.07 Å². The predicted molar refractivity (Wildman–Crippen MR) is 52.9 cm³/mol. The van der Waals surface area contributed by atoms with Gasteiger partial charge in [0.05, 0.1) is 18.8 Å². The van der Waals surface area contributed by atoms with Crippen LogP contribution in [-0.2, 0) is 23.4 Å². The molecule has 2 aliphatic rings. The summed E-state index contributed by atoms with van der Waals surface area (Å²) in [6.45, 7) is 1.50. The van der Waals surface area contributed by atoms with Gasteiger partial charge in [-0.05, 0) is 36.0 Å². The highest BCUT2D eigenvalue weighted by atomic mass is 16.5. The molecule has 1 aromatic rings. The van der Waals surface area contributed by atoms with E-state index in [1.54, 1.807) is 0 Å². The molecular weight excluding hydrogens is 176 g/mol. The summed E-state index contributed by atoms with van der Waals surface area (Å²) < 4.78 is 5.40. The molecule has 1 fully saturated rings. The first-order valence-electron chi connectivity index (χ1n) is 5.21. The zero-order valence-electron chi connectivity index (χ0n) is 8.12. The molecule has 0 atom stereocenters. The van der Waals surface area contributed by atoms with Crippen LogP contribution >= 0.6 is 0 Å². The standard InChI is InChI=1S/C12H14O2/c13-12(5-6-12)11-3-1-2-9-8-14-7-4-10(9)11/h1-3,13H,4-8H2. The molecule has 1 aromatic carbocycles. The van der Waals surface area contributed by atoms with E-state index in [4.69, 9.17) is 4.74 Å². The number of aliphatic hydroxyl groups is 1. The van der Waals surface area contributed by atoms with E-state index in [9.17, 15) is 5.11 Å². The van der Waals surface area contributed by atoms with Crippen molar-refractivity contribution in [3.63, 3.8) is 0 Å². The van der Waals surface area contributed by atoms with E-state index in [1.165, 1.54) is 11.1 Å². The lowest BCUT2D eigenvalue weighted by atomic mass is 9.93. The van der Waals surface area contributed by atoms with Crippen molar-refractivity contribution >= 4 is 0 Å². The van der Waals surface area contributed by atoms with Crippen molar-refractivity contribution in [1.29, 1.82) is 0 Å². The lowest BCUT2D eigenvalue weighted by Crippen LogP contribution is -2.16. The molecule has 1 saturated carbocycles. The number of hydrogen-bond donors (Lipinski definition) is 1. The topological polar surface area (TPSA) is 29.5 Å². The third-order valence-electron chi connectivity index (χ3n) is 3.25. The molecule has 1 aliphatic carbocycles. The SMILES string of the molecule is OC1(c2cccc3c2CCOC3)CC1. The average Bonchev–Trinajstić information content (AvgIpc) is 2.97. The maximum absolute atomic E-state index is 10.1. The summed E-state index contributed by atoms with van der Waals surface area (Å²) >= 11 is 0. The molecule has 1 N–H and O–H groups in total. The number of ether oxygens (including phenoxy) is 1. The first-order valence-corrected chi connectivity index (χ1v) is 5.21. The quantitative estimate of drug-likeness (QED) is 0.731. The molecule has 0 bridgehead atoms. The van der Waals surface area contributed by atoms with Gasteiger partial charge in [0.1, 0.15) is 0 Å². The Balaban J connectivity index is 2.11. The van der Waals surface area contributed by atoms with Gasteiger partial charge < -0.3 is 9.84 Å². The van der Waals surface area contributed by atoms with Crippen LogP contribution in [0.15, 0.2) is 18.2 Å². The van der Waals surface area contributed by atoms with Crippen molar-refractivity contribution in [1.82, 2.24) is 0 Å². The fourth-order valence-corrected chi connectivity index (χ4v) is 2.25. The lowest BCUT2D eigenvalue weighted by molar-refractivity contribution is 0.106. The first-order chi connectivity index (χ1) is 6.80. The molecule has 2 heteroatoms. The summed E-state index contributed by atoms with van der Waals surface area (Å²) in [5.74, 6) is 0. The van der Waals surface area contributed by atoms with Crippen molar-refractivity contribution in [2.24, 2.45) is 0 Å². The summed E-state index contributed by atoms with van der Waals surface area (Å²) in [5.41, 5.74) is 3.24. The molecule has 0 spiro atoms. The minimum Gasteiger partial charge on any atom is -0.385 e. The lowest BCUT2D eigenvalue weighted by Gasteiger charge is -2.22. The molecule has 14 heavy (non-hydrogen) atoms. The zero-order valence-corrected chi connectivity index (χ0v) is 8.12. The summed E-state index contributed by atoms with van der Waals surface area (Å²) in [6, 6.07) is 6.19. The van der Waals surface area contributed by atoms with E-state index in [-0.39, 0.29) is 0 Å². The molecule has 0 unspecified atom stereocenters. The van der Waals surface area contributed by atoms with Crippen molar-refractivity contribution in [2.75, 3.05) is 6.61 Å². The normalized spacial score (nSPS) is 22.9. The minimum absolute atomic E-state index is 0.497. The maximum atomic E-state index is 10.1. The molecule has 0 saturated heterocycles. The second-order valence-electron chi connectivity index (χ2n) is 4.28. The largest absolute Gasteiger partial charge is 0.385 e. The van der Waals surface area contributed by atoms with Gasteiger partial charge in [0.2, 0.25) is 0 Å². The molecule has 1 aliphatic heterocycles. The highest BCUT2D eigenvalue weighted by Gasteiger charge is 2.43. The van der Waals surface area contributed by atoms with E-state index < -0.39 is 5.60 Å². The number of hydrogen-bond acceptors (Lipinski definition) is 2. The molecule has 0 aromatic heterocycles. The van der Waals surface area contributed by atoms with Gasteiger partial charge in [0, 0.05) is 0 Å². The monoisotopic (exact) mass is 190 g/mol. The smallest absolute Gasteiger partial charge is 0.0901 e. The van der Waals surface area contributed by atoms with Gasteiger partial charge in [-0.3, -0.25) is 0 Å². The van der Waals surface area contributed by atoms with Crippen LogP contribution in [0, 0.1) is 0 Å². The Morgan fingerprint density at radius 2 is 2.14 bits per heavy atom. The van der Waals surface area contributed by atoms with Gasteiger partial charge in [-0.25, -0.2) is 0 Å². The fourth-order valence-electron chi connectivity index (χ4n) is 2.25. The van der Waals surface area contributed by atoms with Crippen LogP contribution in [0.1, 0.15) is 29.5 Å². The zero-order chi connectivity index (χ0) is 9.60. The van der Waals surface area contributed by atoms with Gasteiger partial charge >= 0.3 is 0 Å². The minimum atomic E-state index is -0.497. The molecule has 74 valence electrons. The van der Waals surface area contributed by atoms with Gasteiger partial charge in [-0.1, -0.05) is 18.2 Å². The predicted octanol–water partition coefficient (Wildman–Crippen LogP) is 1.74. The fraction of sp³-hybridized carbons (Fsp3) is 0.500.